The average molecular weight is 583 g/mol. The van der Waals surface area contributed by atoms with Gasteiger partial charge in [0.05, 0.1) is 6.61 Å². The Kier molecular flexibility index (Phi) is 6.81. The minimum atomic E-state index is -1.10. The summed E-state index contributed by atoms with van der Waals surface area (Å²) in [6, 6.07) is 0. The van der Waals surface area contributed by atoms with E-state index in [1.165, 1.54) is 5.57 Å². The van der Waals surface area contributed by atoms with E-state index in [4.69, 9.17) is 14.2 Å². The molecule has 0 radical (unpaired) electrons. The van der Waals surface area contributed by atoms with Crippen molar-refractivity contribution in [3.8, 4) is 0 Å². The van der Waals surface area contributed by atoms with Crippen molar-refractivity contribution in [3.05, 3.63) is 23.3 Å². The van der Waals surface area contributed by atoms with Crippen LogP contribution in [0.25, 0.3) is 0 Å². The van der Waals surface area contributed by atoms with Gasteiger partial charge in [-0.15, -0.1) is 0 Å². The Hall–Kier alpha value is -1.66. The Morgan fingerprint density at radius 1 is 1.05 bits per heavy atom. The molecule has 1 spiro atoms. The summed E-state index contributed by atoms with van der Waals surface area (Å²) in [5.41, 5.74) is 0.738. The highest BCUT2D eigenvalue weighted by molar-refractivity contribution is 5.88. The number of aliphatic carboxylic acids is 1. The molecule has 1 N–H and O–H groups in total. The molecule has 0 aromatic heterocycles. The molecular formula is C36H54O6. The van der Waals surface area contributed by atoms with Gasteiger partial charge in [0.15, 0.2) is 5.79 Å². The fourth-order valence-corrected chi connectivity index (χ4v) is 12.2. The number of carbonyl (C=O) groups excluding carboxylic acids is 1. The van der Waals surface area contributed by atoms with Gasteiger partial charge in [0.1, 0.15) is 11.5 Å². The molecule has 5 aliphatic carbocycles. The van der Waals surface area contributed by atoms with Crippen LogP contribution in [-0.2, 0) is 23.8 Å². The Morgan fingerprint density at radius 2 is 1.76 bits per heavy atom. The van der Waals surface area contributed by atoms with Gasteiger partial charge in [0.2, 0.25) is 0 Å². The molecule has 2 heterocycles. The predicted molar refractivity (Wildman–Crippen MR) is 161 cm³/mol. The molecule has 7 rings (SSSR count). The van der Waals surface area contributed by atoms with Crippen LogP contribution in [0.2, 0.25) is 0 Å². The largest absolute Gasteiger partial charge is 0.481 e. The zero-order valence-corrected chi connectivity index (χ0v) is 27.5. The molecule has 2 aliphatic heterocycles. The monoisotopic (exact) mass is 582 g/mol. The van der Waals surface area contributed by atoms with Crippen LogP contribution in [0.1, 0.15) is 107 Å². The maximum Gasteiger partial charge on any atom is 0.333 e. The second-order valence-electron chi connectivity index (χ2n) is 16.3. The number of hydrogen-bond donors (Lipinski definition) is 1. The summed E-state index contributed by atoms with van der Waals surface area (Å²) in [4.78, 5) is 26.5. The second kappa shape index (κ2) is 9.42. The number of rotatable bonds is 4. The van der Waals surface area contributed by atoms with Crippen molar-refractivity contribution < 1.29 is 28.9 Å². The second-order valence-corrected chi connectivity index (χ2v) is 16.3. The highest BCUT2D eigenvalue weighted by Gasteiger charge is 2.75. The van der Waals surface area contributed by atoms with Crippen LogP contribution < -0.4 is 0 Å². The molecule has 6 heteroatoms. The quantitative estimate of drug-likeness (QED) is 0.209. The molecule has 6 fully saturated rings. The molecule has 2 saturated heterocycles. The number of fused-ring (bicyclic) bond motifs is 7. The maximum atomic E-state index is 13.5. The minimum absolute atomic E-state index is 0.0379. The summed E-state index contributed by atoms with van der Waals surface area (Å²) in [5.74, 6) is -0.376. The van der Waals surface area contributed by atoms with Crippen molar-refractivity contribution in [2.24, 2.45) is 56.7 Å². The zero-order chi connectivity index (χ0) is 30.7. The van der Waals surface area contributed by atoms with Crippen LogP contribution in [-0.4, -0.2) is 42.7 Å². The first-order valence-electron chi connectivity index (χ1n) is 16.6. The Labute approximate surface area is 253 Å². The normalized spacial score (nSPS) is 50.9. The van der Waals surface area contributed by atoms with Crippen LogP contribution in [0.3, 0.4) is 0 Å². The minimum Gasteiger partial charge on any atom is -0.481 e. The van der Waals surface area contributed by atoms with Crippen molar-refractivity contribution >= 4 is 11.9 Å². The molecule has 0 aromatic carbocycles. The highest BCUT2D eigenvalue weighted by atomic mass is 16.7. The molecular weight excluding hydrogens is 528 g/mol. The summed E-state index contributed by atoms with van der Waals surface area (Å²) in [5, 5.41) is 11.1. The van der Waals surface area contributed by atoms with Gasteiger partial charge in [0, 0.05) is 35.9 Å². The molecule has 42 heavy (non-hydrogen) atoms. The maximum absolute atomic E-state index is 13.5. The van der Waals surface area contributed by atoms with Crippen LogP contribution in [0.15, 0.2) is 23.3 Å². The molecule has 2 bridgehead atoms. The van der Waals surface area contributed by atoms with E-state index in [0.717, 1.165) is 45.1 Å². The number of esters is 1. The van der Waals surface area contributed by atoms with Gasteiger partial charge < -0.3 is 19.3 Å². The average Bonchev–Trinajstić information content (AvgIpc) is 2.95. The van der Waals surface area contributed by atoms with E-state index in [2.05, 4.69) is 47.6 Å². The van der Waals surface area contributed by atoms with Crippen molar-refractivity contribution in [2.75, 3.05) is 13.7 Å². The fourth-order valence-electron chi connectivity index (χ4n) is 12.2. The number of carboxylic acid groups (broad SMARTS) is 1. The lowest BCUT2D eigenvalue weighted by Crippen LogP contribution is -2.74. The van der Waals surface area contributed by atoms with Crippen LogP contribution >= 0.6 is 0 Å². The van der Waals surface area contributed by atoms with Gasteiger partial charge in [-0.2, -0.15) is 0 Å². The first-order chi connectivity index (χ1) is 19.6. The summed E-state index contributed by atoms with van der Waals surface area (Å²) >= 11 is 0. The van der Waals surface area contributed by atoms with E-state index in [-0.39, 0.29) is 45.4 Å². The molecule has 1 unspecified atom stereocenters. The Morgan fingerprint density at radius 3 is 2.36 bits per heavy atom. The van der Waals surface area contributed by atoms with Crippen LogP contribution in [0.5, 0.6) is 0 Å². The van der Waals surface area contributed by atoms with Gasteiger partial charge >= 0.3 is 11.9 Å². The molecule has 7 aliphatic rings. The smallest absolute Gasteiger partial charge is 0.333 e. The van der Waals surface area contributed by atoms with Crippen molar-refractivity contribution in [1.82, 2.24) is 0 Å². The summed E-state index contributed by atoms with van der Waals surface area (Å²) < 4.78 is 19.0. The van der Waals surface area contributed by atoms with E-state index in [9.17, 15) is 14.7 Å². The standard InChI is InChI=1S/C36H54O6/c1-10-21(2)29(37)42-27-19-22(3)23(4)28-24-11-12-26-33(8,32(24,7)15-17-35(27,28)30(38)39)14-13-25-31(5,6)36(40-9)18-16-34(25,26)20-41-36/h10-11,22-23,25-28H,12-20H2,1-9H3,(H,38,39)/b21-10-/t22-,23+,25+,26+,27?,28+,32-,33-,34-,35-,36-/m1/s1. The van der Waals surface area contributed by atoms with E-state index in [1.54, 1.807) is 13.0 Å². The van der Waals surface area contributed by atoms with Crippen molar-refractivity contribution in [2.45, 2.75) is 119 Å². The topological polar surface area (TPSA) is 82.1 Å². The van der Waals surface area contributed by atoms with Gasteiger partial charge in [-0.1, -0.05) is 59.3 Å². The van der Waals surface area contributed by atoms with Gasteiger partial charge in [-0.25, -0.2) is 4.79 Å². The molecule has 11 atom stereocenters. The third-order valence-corrected chi connectivity index (χ3v) is 15.2. The number of hydrogen-bond acceptors (Lipinski definition) is 5. The lowest BCUT2D eigenvalue weighted by Gasteiger charge is -2.75. The van der Waals surface area contributed by atoms with Crippen LogP contribution in [0, 0.1) is 56.7 Å². The summed E-state index contributed by atoms with van der Waals surface area (Å²) in [6.07, 6.45) is 10.9. The van der Waals surface area contributed by atoms with Crippen LogP contribution in [0.4, 0.5) is 0 Å². The number of carbonyl (C=O) groups is 2. The zero-order valence-electron chi connectivity index (χ0n) is 27.5. The Bertz CT molecular complexity index is 1220. The molecule has 0 amide bonds. The molecule has 4 saturated carbocycles. The Balaban J connectivity index is 1.44. The van der Waals surface area contributed by atoms with E-state index >= 15 is 0 Å². The van der Waals surface area contributed by atoms with E-state index < -0.39 is 23.3 Å². The first kappa shape index (κ1) is 30.4. The predicted octanol–water partition coefficient (Wildman–Crippen LogP) is 7.57. The summed E-state index contributed by atoms with van der Waals surface area (Å²) in [6.45, 7) is 18.5. The fraction of sp³-hybridized carbons (Fsp3) is 0.833. The van der Waals surface area contributed by atoms with Gasteiger partial charge in [-0.3, -0.25) is 4.79 Å². The number of ether oxygens (including phenoxy) is 3. The third-order valence-electron chi connectivity index (χ3n) is 15.2. The SMILES string of the molecule is C/C=C(/C)C(=O)OC1C[C@@H](C)[C@H](C)[C@H]2C3=CC[C@@H]4[C@]56CC[C@@](OC)(OC5)C(C)(C)[C@@H]6CC[C@@]4(C)[C@]3(C)CC[C@@]12C(=O)O. The lowest BCUT2D eigenvalue weighted by molar-refractivity contribution is -0.402. The van der Waals surface area contributed by atoms with Gasteiger partial charge in [0.25, 0.3) is 0 Å². The first-order valence-corrected chi connectivity index (χ1v) is 16.6. The molecule has 234 valence electrons. The lowest BCUT2D eigenvalue weighted by atomic mass is 9.32. The van der Waals surface area contributed by atoms with Crippen molar-refractivity contribution in [3.63, 3.8) is 0 Å². The van der Waals surface area contributed by atoms with Crippen molar-refractivity contribution in [1.29, 1.82) is 0 Å². The summed E-state index contributed by atoms with van der Waals surface area (Å²) in [7, 11) is 1.82. The highest BCUT2D eigenvalue weighted by Crippen LogP contribution is 2.78. The third kappa shape index (κ3) is 3.40. The van der Waals surface area contributed by atoms with E-state index in [1.807, 2.05) is 14.0 Å². The molecule has 6 nitrogen and oxygen atoms in total. The number of carboxylic acids is 1. The van der Waals surface area contributed by atoms with Gasteiger partial charge in [-0.05, 0) is 93.3 Å². The number of methoxy groups -OCH3 is 1. The number of allylic oxidation sites excluding steroid dienone is 3. The van der Waals surface area contributed by atoms with E-state index in [0.29, 0.717) is 30.3 Å². The molecule has 0 aromatic rings.